The molecule has 0 aliphatic heterocycles. The van der Waals surface area contributed by atoms with Crippen molar-refractivity contribution in [1.29, 1.82) is 0 Å². The number of rotatable bonds is 5. The minimum Gasteiger partial charge on any atom is -0.414 e. The number of allylic oxidation sites excluding steroid dienone is 2. The molecule has 0 bridgehead atoms. The van der Waals surface area contributed by atoms with Crippen molar-refractivity contribution in [2.24, 2.45) is 52.3 Å². The number of hydrogen-bond acceptors (Lipinski definition) is 2. The van der Waals surface area contributed by atoms with Crippen LogP contribution in [0.2, 0.25) is 18.1 Å². The van der Waals surface area contributed by atoms with Gasteiger partial charge in [-0.15, -0.1) is 0 Å². The third kappa shape index (κ3) is 5.23. The minimum absolute atomic E-state index is 0.0328. The van der Waals surface area contributed by atoms with Gasteiger partial charge in [-0.05, 0) is 121 Å². The summed E-state index contributed by atoms with van der Waals surface area (Å²) in [6, 6.07) is 0. The Balaban J connectivity index is 1.61. The predicted octanol–water partition coefficient (Wildman–Crippen LogP) is 9.61. The van der Waals surface area contributed by atoms with Crippen LogP contribution in [0.3, 0.4) is 0 Å². The van der Waals surface area contributed by atoms with Crippen molar-refractivity contribution in [3.63, 3.8) is 0 Å². The van der Waals surface area contributed by atoms with Gasteiger partial charge in [0, 0.05) is 6.10 Å². The Kier molecular flexibility index (Phi) is 8.01. The summed E-state index contributed by atoms with van der Waals surface area (Å²) >= 11 is 0. The Hall–Kier alpha value is -0.623. The summed E-state index contributed by atoms with van der Waals surface area (Å²) in [7, 11) is -1.93. The molecule has 6 heteroatoms. The molecule has 0 saturated heterocycles. The van der Waals surface area contributed by atoms with Crippen molar-refractivity contribution in [2.75, 3.05) is 0 Å². The molecule has 4 fully saturated rings. The summed E-state index contributed by atoms with van der Waals surface area (Å²) in [5, 5.41) is 0.176. The number of alkyl halides is 3. The van der Waals surface area contributed by atoms with E-state index < -0.39 is 20.3 Å². The van der Waals surface area contributed by atoms with E-state index in [-0.39, 0.29) is 16.4 Å². The fourth-order valence-electron chi connectivity index (χ4n) is 9.53. The molecule has 4 rings (SSSR count). The lowest BCUT2D eigenvalue weighted by Gasteiger charge is -2.64. The quantitative estimate of drug-likeness (QED) is 0.250. The highest BCUT2D eigenvalue weighted by Crippen LogP contribution is 2.69. The molecular weight excluding hydrogens is 501 g/mol. The highest BCUT2D eigenvalue weighted by Gasteiger charge is 2.63. The number of hydrogen-bond donors (Lipinski definition) is 0. The van der Waals surface area contributed by atoms with E-state index in [1.54, 1.807) is 6.08 Å². The van der Waals surface area contributed by atoms with E-state index in [9.17, 15) is 18.0 Å². The number of fused-ring (bicyclic) bond motifs is 5. The Bertz CT molecular complexity index is 921. The zero-order chi connectivity index (χ0) is 28.5. The first-order valence-corrected chi connectivity index (χ1v) is 18.2. The summed E-state index contributed by atoms with van der Waals surface area (Å²) in [5.41, 5.74) is 0.422. The average molecular weight is 555 g/mol. The van der Waals surface area contributed by atoms with Crippen LogP contribution in [0.1, 0.15) is 99.8 Å². The molecule has 218 valence electrons. The van der Waals surface area contributed by atoms with Gasteiger partial charge in [-0.2, -0.15) is 13.2 Å². The fourth-order valence-corrected chi connectivity index (χ4v) is 10.9. The minimum atomic E-state index is -4.79. The zero-order valence-corrected chi connectivity index (χ0v) is 26.4. The van der Waals surface area contributed by atoms with Crippen molar-refractivity contribution in [3.8, 4) is 0 Å². The van der Waals surface area contributed by atoms with Crippen molar-refractivity contribution < 1.29 is 22.4 Å². The monoisotopic (exact) mass is 554 g/mol. The maximum Gasteiger partial charge on any atom is 0.454 e. The highest BCUT2D eigenvalue weighted by molar-refractivity contribution is 6.74. The van der Waals surface area contributed by atoms with Crippen LogP contribution in [-0.4, -0.2) is 26.4 Å². The summed E-state index contributed by atoms with van der Waals surface area (Å²) in [5.74, 6) is 1.85. The van der Waals surface area contributed by atoms with Gasteiger partial charge in [0.25, 0.3) is 5.78 Å². The van der Waals surface area contributed by atoms with Crippen molar-refractivity contribution >= 4 is 14.1 Å². The van der Waals surface area contributed by atoms with E-state index >= 15 is 0 Å². The molecule has 4 aliphatic carbocycles. The number of ketones is 1. The molecule has 38 heavy (non-hydrogen) atoms. The van der Waals surface area contributed by atoms with Gasteiger partial charge in [0.05, 0.1) is 0 Å². The van der Waals surface area contributed by atoms with Crippen LogP contribution < -0.4 is 0 Å². The lowest BCUT2D eigenvalue weighted by Crippen LogP contribution is -2.60. The standard InChI is InChI=1S/C32H53F3O2Si/c1-20-14-16-31(7)25-15-17-30(6)23(21(2)10-13-28(36)32(33,34)35)11-12-24(30)22(25)19-27(26(31)18-20)37-38(8,9)29(3,4)5/h10,13,20-27H,11-12,14-19H2,1-9H3/b13-10+/t20-,21-,22?,23-,24?,25?,26+,27+,30-,31-/m1/s1. The van der Waals surface area contributed by atoms with Crippen molar-refractivity contribution in [1.82, 2.24) is 0 Å². The molecule has 4 aliphatic rings. The van der Waals surface area contributed by atoms with E-state index in [4.69, 9.17) is 4.43 Å². The lowest BCUT2D eigenvalue weighted by atomic mass is 9.43. The third-order valence-corrected chi connectivity index (χ3v) is 17.2. The van der Waals surface area contributed by atoms with Crippen molar-refractivity contribution in [3.05, 3.63) is 12.2 Å². The van der Waals surface area contributed by atoms with Gasteiger partial charge in [-0.1, -0.05) is 61.0 Å². The van der Waals surface area contributed by atoms with Crippen LogP contribution >= 0.6 is 0 Å². The van der Waals surface area contributed by atoms with Crippen LogP contribution in [0, 0.1) is 52.3 Å². The molecule has 0 aromatic rings. The van der Waals surface area contributed by atoms with E-state index in [0.717, 1.165) is 37.7 Å². The Labute approximate surface area is 231 Å². The molecule has 4 saturated carbocycles. The molecule has 3 unspecified atom stereocenters. The van der Waals surface area contributed by atoms with Gasteiger partial charge in [0.1, 0.15) is 0 Å². The second kappa shape index (κ2) is 10.0. The van der Waals surface area contributed by atoms with Gasteiger partial charge in [0.2, 0.25) is 0 Å². The Morgan fingerprint density at radius 1 is 0.947 bits per heavy atom. The fraction of sp³-hybridized carbons (Fsp3) is 0.906. The van der Waals surface area contributed by atoms with Crippen LogP contribution in [0.15, 0.2) is 12.2 Å². The van der Waals surface area contributed by atoms with Crippen LogP contribution in [0.4, 0.5) is 13.2 Å². The van der Waals surface area contributed by atoms with Gasteiger partial charge in [-0.3, -0.25) is 4.79 Å². The highest BCUT2D eigenvalue weighted by atomic mass is 28.4. The molecule has 0 N–H and O–H groups in total. The molecule has 10 atom stereocenters. The largest absolute Gasteiger partial charge is 0.454 e. The zero-order valence-electron chi connectivity index (χ0n) is 25.4. The Morgan fingerprint density at radius 2 is 1.55 bits per heavy atom. The van der Waals surface area contributed by atoms with Gasteiger partial charge >= 0.3 is 6.18 Å². The lowest BCUT2D eigenvalue weighted by molar-refractivity contribution is -0.165. The van der Waals surface area contributed by atoms with Crippen molar-refractivity contribution in [2.45, 2.75) is 130 Å². The molecule has 0 heterocycles. The van der Waals surface area contributed by atoms with E-state index in [0.29, 0.717) is 41.1 Å². The molecule has 0 amide bonds. The summed E-state index contributed by atoms with van der Waals surface area (Å²) < 4.78 is 45.8. The second-order valence-electron chi connectivity index (χ2n) is 15.8. The average Bonchev–Trinajstić information content (AvgIpc) is 3.14. The molecule has 0 aromatic heterocycles. The number of carbonyl (C=O) groups is 1. The van der Waals surface area contributed by atoms with E-state index in [1.807, 2.05) is 6.92 Å². The number of halogens is 3. The molecule has 2 nitrogen and oxygen atoms in total. The Morgan fingerprint density at radius 3 is 2.16 bits per heavy atom. The van der Waals surface area contributed by atoms with E-state index in [1.165, 1.54) is 25.7 Å². The third-order valence-electron chi connectivity index (χ3n) is 12.7. The van der Waals surface area contributed by atoms with Crippen LogP contribution in [0.5, 0.6) is 0 Å². The van der Waals surface area contributed by atoms with Crippen LogP contribution in [0.25, 0.3) is 0 Å². The number of carbonyl (C=O) groups excluding carboxylic acids is 1. The normalized spacial score (nSPS) is 42.9. The maximum atomic E-state index is 12.8. The molecule has 0 aromatic carbocycles. The summed E-state index contributed by atoms with van der Waals surface area (Å²) in [6.45, 7) is 21.3. The molecule has 0 radical (unpaired) electrons. The summed E-state index contributed by atoms with van der Waals surface area (Å²) in [4.78, 5) is 11.5. The SMILES string of the molecule is C[C@@H]1CC[C@]2(C)C3CC[C@@]4(C)C(CC[C@@H]4[C@H](C)/C=C/C(=O)C(F)(F)F)C3C[C@H](O[Si](C)(C)C(C)(C)C)[C@@H]2C1. The maximum absolute atomic E-state index is 12.8. The van der Waals surface area contributed by atoms with Gasteiger partial charge in [-0.25, -0.2) is 0 Å². The topological polar surface area (TPSA) is 26.3 Å². The first kappa shape index (κ1) is 30.3. The molecular formula is C32H53F3O2Si. The molecule has 0 spiro atoms. The van der Waals surface area contributed by atoms with Crippen LogP contribution in [-0.2, 0) is 9.22 Å². The predicted molar refractivity (Wildman–Crippen MR) is 151 cm³/mol. The second-order valence-corrected chi connectivity index (χ2v) is 20.6. The van der Waals surface area contributed by atoms with Gasteiger partial charge < -0.3 is 4.43 Å². The van der Waals surface area contributed by atoms with E-state index in [2.05, 4.69) is 54.6 Å². The van der Waals surface area contributed by atoms with Gasteiger partial charge in [0.15, 0.2) is 8.32 Å². The first-order valence-electron chi connectivity index (χ1n) is 15.3. The summed E-state index contributed by atoms with van der Waals surface area (Å²) in [6.07, 6.45) is 7.45. The smallest absolute Gasteiger partial charge is 0.414 e. The first-order chi connectivity index (χ1) is 17.3.